The molecule has 4 rings (SSSR count). The molecule has 144 valence electrons. The number of ether oxygens (including phenoxy) is 1. The van der Waals surface area contributed by atoms with Gasteiger partial charge in [-0.3, -0.25) is 9.69 Å². The first-order valence-corrected chi connectivity index (χ1v) is 9.10. The van der Waals surface area contributed by atoms with Gasteiger partial charge in [-0.1, -0.05) is 48.5 Å². The Bertz CT molecular complexity index is 1200. The molecule has 0 atom stereocenters. The van der Waals surface area contributed by atoms with Gasteiger partial charge in [-0.25, -0.2) is 9.18 Å². The van der Waals surface area contributed by atoms with Crippen molar-refractivity contribution in [3.05, 3.63) is 95.0 Å². The first kappa shape index (κ1) is 18.6. The normalized spacial score (nSPS) is 15.5. The van der Waals surface area contributed by atoms with Crippen molar-refractivity contribution in [2.24, 2.45) is 0 Å². The molecule has 0 saturated carbocycles. The molecule has 0 bridgehead atoms. The largest absolute Gasteiger partial charge is 0.465 e. The molecular formula is C24H18FNO3. The van der Waals surface area contributed by atoms with Crippen LogP contribution in [0.1, 0.15) is 12.5 Å². The monoisotopic (exact) mass is 387 g/mol. The number of hydrogen-bond acceptors (Lipinski definition) is 3. The minimum Gasteiger partial charge on any atom is -0.465 e. The van der Waals surface area contributed by atoms with Crippen LogP contribution >= 0.6 is 0 Å². The molecule has 1 aliphatic heterocycles. The summed E-state index contributed by atoms with van der Waals surface area (Å²) in [5.41, 5.74) is 1.99. The minimum absolute atomic E-state index is 0.174. The maximum absolute atomic E-state index is 13.6. The molecule has 0 aliphatic carbocycles. The van der Waals surface area contributed by atoms with Crippen LogP contribution < -0.4 is 4.90 Å². The van der Waals surface area contributed by atoms with Gasteiger partial charge in [-0.05, 0) is 42.1 Å². The average Bonchev–Trinajstić information content (AvgIpc) is 2.96. The molecule has 5 heteroatoms. The molecule has 3 aromatic carbocycles. The predicted octanol–water partition coefficient (Wildman–Crippen LogP) is 4.86. The number of methoxy groups -OCH3 is 1. The number of benzene rings is 3. The molecule has 0 fully saturated rings. The first-order valence-electron chi connectivity index (χ1n) is 9.10. The summed E-state index contributed by atoms with van der Waals surface area (Å²) in [6.07, 6.45) is 1.52. The predicted molar refractivity (Wildman–Crippen MR) is 111 cm³/mol. The molecule has 1 heterocycles. The van der Waals surface area contributed by atoms with Crippen molar-refractivity contribution in [2.75, 3.05) is 12.0 Å². The second kappa shape index (κ2) is 7.36. The lowest BCUT2D eigenvalue weighted by molar-refractivity contribution is -0.136. The van der Waals surface area contributed by atoms with E-state index in [1.807, 2.05) is 42.5 Å². The summed E-state index contributed by atoms with van der Waals surface area (Å²) < 4.78 is 18.6. The SMILES string of the molecule is COC(=O)C1=C(C)N(c2cccc3ccccc23)C(=O)C1=Cc1cccc(F)c1. The van der Waals surface area contributed by atoms with Gasteiger partial charge in [0.2, 0.25) is 0 Å². The summed E-state index contributed by atoms with van der Waals surface area (Å²) in [7, 11) is 1.27. The number of esters is 1. The number of anilines is 1. The number of hydrogen-bond donors (Lipinski definition) is 0. The van der Waals surface area contributed by atoms with Crippen LogP contribution in [-0.2, 0) is 14.3 Å². The molecule has 0 N–H and O–H groups in total. The van der Waals surface area contributed by atoms with Crippen molar-refractivity contribution in [3.63, 3.8) is 0 Å². The van der Waals surface area contributed by atoms with Gasteiger partial charge in [0.25, 0.3) is 5.91 Å². The van der Waals surface area contributed by atoms with E-state index in [1.165, 1.54) is 30.2 Å². The molecule has 0 radical (unpaired) electrons. The Morgan fingerprint density at radius 2 is 1.76 bits per heavy atom. The lowest BCUT2D eigenvalue weighted by atomic mass is 10.0. The summed E-state index contributed by atoms with van der Waals surface area (Å²) in [5.74, 6) is -1.39. The number of rotatable bonds is 3. The van der Waals surface area contributed by atoms with Gasteiger partial charge in [-0.2, -0.15) is 0 Å². The molecule has 1 aliphatic rings. The van der Waals surface area contributed by atoms with Crippen LogP contribution in [0.15, 0.2) is 83.6 Å². The van der Waals surface area contributed by atoms with E-state index in [-0.39, 0.29) is 17.1 Å². The molecular weight excluding hydrogens is 369 g/mol. The molecule has 4 nitrogen and oxygen atoms in total. The Kier molecular flexibility index (Phi) is 4.72. The first-order chi connectivity index (χ1) is 14.0. The Balaban J connectivity index is 1.92. The fourth-order valence-corrected chi connectivity index (χ4v) is 3.64. The van der Waals surface area contributed by atoms with Gasteiger partial charge in [0.05, 0.1) is 23.9 Å². The fourth-order valence-electron chi connectivity index (χ4n) is 3.64. The maximum atomic E-state index is 13.6. The van der Waals surface area contributed by atoms with Crippen LogP contribution in [0.25, 0.3) is 16.8 Å². The van der Waals surface area contributed by atoms with Crippen molar-refractivity contribution >= 4 is 34.4 Å². The van der Waals surface area contributed by atoms with Gasteiger partial charge in [0, 0.05) is 11.1 Å². The average molecular weight is 387 g/mol. The molecule has 0 aromatic heterocycles. The number of halogens is 1. The van der Waals surface area contributed by atoms with Crippen molar-refractivity contribution in [1.29, 1.82) is 0 Å². The van der Waals surface area contributed by atoms with Gasteiger partial charge in [-0.15, -0.1) is 0 Å². The maximum Gasteiger partial charge on any atom is 0.340 e. The topological polar surface area (TPSA) is 46.6 Å². The Morgan fingerprint density at radius 3 is 2.52 bits per heavy atom. The molecule has 1 amide bonds. The van der Waals surface area contributed by atoms with Crippen LogP contribution in [0.5, 0.6) is 0 Å². The fraction of sp³-hybridized carbons (Fsp3) is 0.0833. The highest BCUT2D eigenvalue weighted by molar-refractivity contribution is 6.25. The summed E-state index contributed by atoms with van der Waals surface area (Å²) in [4.78, 5) is 27.4. The second-order valence-electron chi connectivity index (χ2n) is 6.70. The highest BCUT2D eigenvalue weighted by atomic mass is 19.1. The molecule has 0 unspecified atom stereocenters. The van der Waals surface area contributed by atoms with E-state index < -0.39 is 11.8 Å². The van der Waals surface area contributed by atoms with E-state index in [9.17, 15) is 14.0 Å². The summed E-state index contributed by atoms with van der Waals surface area (Å²) in [6.45, 7) is 1.71. The second-order valence-corrected chi connectivity index (χ2v) is 6.70. The molecule has 3 aromatic rings. The summed E-state index contributed by atoms with van der Waals surface area (Å²) in [6, 6.07) is 19.2. The Hall–Kier alpha value is -3.73. The van der Waals surface area contributed by atoms with E-state index in [1.54, 1.807) is 19.1 Å². The smallest absolute Gasteiger partial charge is 0.340 e. The van der Waals surface area contributed by atoms with E-state index in [0.717, 1.165) is 10.8 Å². The highest BCUT2D eigenvalue weighted by Crippen LogP contribution is 2.38. The third-order valence-corrected chi connectivity index (χ3v) is 4.96. The molecule has 0 spiro atoms. The summed E-state index contributed by atoms with van der Waals surface area (Å²) in [5, 5.41) is 1.87. The number of fused-ring (bicyclic) bond motifs is 1. The zero-order valence-electron chi connectivity index (χ0n) is 16.0. The minimum atomic E-state index is -0.610. The number of allylic oxidation sites excluding steroid dienone is 1. The Labute approximate surface area is 167 Å². The Morgan fingerprint density at radius 1 is 1.03 bits per heavy atom. The third-order valence-electron chi connectivity index (χ3n) is 4.96. The van der Waals surface area contributed by atoms with Crippen molar-refractivity contribution < 1.29 is 18.7 Å². The van der Waals surface area contributed by atoms with Crippen molar-refractivity contribution in [1.82, 2.24) is 0 Å². The lowest BCUT2D eigenvalue weighted by Crippen LogP contribution is -2.24. The van der Waals surface area contributed by atoms with Gasteiger partial charge in [0.15, 0.2) is 0 Å². The van der Waals surface area contributed by atoms with Gasteiger partial charge in [0.1, 0.15) is 5.82 Å². The van der Waals surface area contributed by atoms with Crippen LogP contribution in [0.2, 0.25) is 0 Å². The molecule has 0 saturated heterocycles. The van der Waals surface area contributed by atoms with E-state index >= 15 is 0 Å². The third kappa shape index (κ3) is 3.21. The number of carbonyl (C=O) groups is 2. The molecule has 29 heavy (non-hydrogen) atoms. The number of carbonyl (C=O) groups excluding carboxylic acids is 2. The van der Waals surface area contributed by atoms with Gasteiger partial charge >= 0.3 is 5.97 Å². The van der Waals surface area contributed by atoms with E-state index in [4.69, 9.17) is 4.74 Å². The van der Waals surface area contributed by atoms with Crippen LogP contribution in [-0.4, -0.2) is 19.0 Å². The van der Waals surface area contributed by atoms with Crippen LogP contribution in [0, 0.1) is 5.82 Å². The number of amides is 1. The lowest BCUT2D eigenvalue weighted by Gasteiger charge is -2.20. The number of nitrogens with zero attached hydrogens (tertiary/aromatic N) is 1. The summed E-state index contributed by atoms with van der Waals surface area (Å²) >= 11 is 0. The van der Waals surface area contributed by atoms with Gasteiger partial charge < -0.3 is 4.74 Å². The van der Waals surface area contributed by atoms with Crippen LogP contribution in [0.3, 0.4) is 0 Å². The van der Waals surface area contributed by atoms with E-state index in [0.29, 0.717) is 16.9 Å². The quantitative estimate of drug-likeness (QED) is 0.476. The zero-order valence-corrected chi connectivity index (χ0v) is 16.0. The van der Waals surface area contributed by atoms with Crippen molar-refractivity contribution in [3.8, 4) is 0 Å². The standard InChI is InChI=1S/C24H18FNO3/c1-15-22(24(28)29-2)20(14-16-7-5-10-18(25)13-16)23(27)26(15)21-12-6-9-17-8-3-4-11-19(17)21/h3-14H,1-2H3. The highest BCUT2D eigenvalue weighted by Gasteiger charge is 2.38. The van der Waals surface area contributed by atoms with Crippen LogP contribution in [0.4, 0.5) is 10.1 Å². The van der Waals surface area contributed by atoms with E-state index in [2.05, 4.69) is 0 Å². The van der Waals surface area contributed by atoms with Crippen molar-refractivity contribution in [2.45, 2.75) is 6.92 Å². The zero-order chi connectivity index (χ0) is 20.5.